The Balaban J connectivity index is 1.20. The SMILES string of the molecule is Cc1ccc(N(c2ccccc2)c2ccc(-c3c4ccccc4c(-c4ccc5c(c4)C(C)(C)c4ccccc4-5)c4cc5ccccc5cc34)cc2)cc1. The van der Waals surface area contributed by atoms with Gasteiger partial charge in [0.2, 0.25) is 0 Å². The van der Waals surface area contributed by atoms with Gasteiger partial charge in [0.1, 0.15) is 0 Å². The van der Waals surface area contributed by atoms with E-state index in [0.717, 1.165) is 17.1 Å². The highest BCUT2D eigenvalue weighted by molar-refractivity contribution is 6.23. The Morgan fingerprint density at radius 1 is 0.377 bits per heavy atom. The lowest BCUT2D eigenvalue weighted by Gasteiger charge is -2.26. The van der Waals surface area contributed by atoms with E-state index in [1.54, 1.807) is 0 Å². The lowest BCUT2D eigenvalue weighted by Crippen LogP contribution is -2.14. The van der Waals surface area contributed by atoms with Crippen molar-refractivity contribution in [3.8, 4) is 33.4 Å². The third-order valence-electron chi connectivity index (χ3n) is 11.5. The average molecular weight is 678 g/mol. The Morgan fingerprint density at radius 3 is 1.53 bits per heavy atom. The number of nitrogens with zero attached hydrogens (tertiary/aromatic N) is 1. The molecule has 0 saturated carbocycles. The highest BCUT2D eigenvalue weighted by Gasteiger charge is 2.35. The van der Waals surface area contributed by atoms with Crippen LogP contribution in [0.1, 0.15) is 30.5 Å². The molecule has 252 valence electrons. The quantitative estimate of drug-likeness (QED) is 0.164. The van der Waals surface area contributed by atoms with E-state index in [4.69, 9.17) is 0 Å². The molecule has 0 atom stereocenters. The molecule has 0 aromatic heterocycles. The van der Waals surface area contributed by atoms with Gasteiger partial charge >= 0.3 is 0 Å². The largest absolute Gasteiger partial charge is 0.311 e. The van der Waals surface area contributed by atoms with Crippen LogP contribution in [-0.4, -0.2) is 0 Å². The molecular weight excluding hydrogens is 639 g/mol. The Kier molecular flexibility index (Phi) is 7.13. The average Bonchev–Trinajstić information content (AvgIpc) is 3.43. The Labute approximate surface area is 311 Å². The summed E-state index contributed by atoms with van der Waals surface area (Å²) in [4.78, 5) is 2.34. The Hall–Kier alpha value is -6.44. The lowest BCUT2D eigenvalue weighted by atomic mass is 9.80. The fourth-order valence-electron chi connectivity index (χ4n) is 8.84. The Morgan fingerprint density at radius 2 is 0.868 bits per heavy atom. The number of benzene rings is 9. The van der Waals surface area contributed by atoms with Crippen LogP contribution in [0.4, 0.5) is 17.1 Å². The first-order valence-electron chi connectivity index (χ1n) is 18.6. The van der Waals surface area contributed by atoms with E-state index in [9.17, 15) is 0 Å². The second-order valence-electron chi connectivity index (χ2n) is 15.0. The van der Waals surface area contributed by atoms with Gasteiger partial charge in [-0.15, -0.1) is 0 Å². The molecule has 0 spiro atoms. The fourth-order valence-corrected chi connectivity index (χ4v) is 8.84. The number of hydrogen-bond donors (Lipinski definition) is 0. The van der Waals surface area contributed by atoms with Gasteiger partial charge in [-0.25, -0.2) is 0 Å². The van der Waals surface area contributed by atoms with Gasteiger partial charge in [-0.1, -0.05) is 147 Å². The monoisotopic (exact) mass is 677 g/mol. The zero-order valence-corrected chi connectivity index (χ0v) is 30.3. The van der Waals surface area contributed by atoms with Crippen molar-refractivity contribution in [1.82, 2.24) is 0 Å². The summed E-state index contributed by atoms with van der Waals surface area (Å²) < 4.78 is 0. The molecule has 0 bridgehead atoms. The van der Waals surface area contributed by atoms with Crippen LogP contribution in [0.2, 0.25) is 0 Å². The van der Waals surface area contributed by atoms with Crippen molar-refractivity contribution in [1.29, 1.82) is 0 Å². The van der Waals surface area contributed by atoms with Crippen molar-refractivity contribution < 1.29 is 0 Å². The van der Waals surface area contributed by atoms with Crippen molar-refractivity contribution in [2.75, 3.05) is 4.90 Å². The highest BCUT2D eigenvalue weighted by Crippen LogP contribution is 2.51. The van der Waals surface area contributed by atoms with E-state index >= 15 is 0 Å². The summed E-state index contributed by atoms with van der Waals surface area (Å²) >= 11 is 0. The van der Waals surface area contributed by atoms with Gasteiger partial charge in [0.05, 0.1) is 0 Å². The maximum absolute atomic E-state index is 2.48. The number of hydrogen-bond acceptors (Lipinski definition) is 1. The zero-order chi connectivity index (χ0) is 35.7. The second kappa shape index (κ2) is 12.1. The van der Waals surface area contributed by atoms with Crippen LogP contribution in [0, 0.1) is 6.92 Å². The number of anilines is 3. The van der Waals surface area contributed by atoms with E-state index in [2.05, 4.69) is 208 Å². The molecule has 0 radical (unpaired) electrons. The molecule has 0 unspecified atom stereocenters. The zero-order valence-electron chi connectivity index (χ0n) is 30.3. The number of fused-ring (bicyclic) bond motifs is 6. The van der Waals surface area contributed by atoms with Crippen molar-refractivity contribution in [2.24, 2.45) is 0 Å². The molecule has 1 aliphatic rings. The first-order valence-corrected chi connectivity index (χ1v) is 18.6. The predicted octanol–water partition coefficient (Wildman–Crippen LogP) is 14.6. The fraction of sp³-hybridized carbons (Fsp3) is 0.0769. The van der Waals surface area contributed by atoms with Gasteiger partial charge in [0.25, 0.3) is 0 Å². The Bertz CT molecular complexity index is 2840. The van der Waals surface area contributed by atoms with Gasteiger partial charge in [0.15, 0.2) is 0 Å². The van der Waals surface area contributed by atoms with Crippen LogP contribution in [0.3, 0.4) is 0 Å². The molecule has 0 N–H and O–H groups in total. The van der Waals surface area contributed by atoms with Crippen LogP contribution >= 0.6 is 0 Å². The van der Waals surface area contributed by atoms with Crippen molar-refractivity contribution >= 4 is 49.4 Å². The predicted molar refractivity (Wildman–Crippen MR) is 227 cm³/mol. The number of aryl methyl sites for hydroxylation is 1. The summed E-state index contributed by atoms with van der Waals surface area (Å²) in [5, 5.41) is 7.59. The summed E-state index contributed by atoms with van der Waals surface area (Å²) in [7, 11) is 0. The standard InChI is InChI=1S/C52H39N/c1-34-21-26-40(27-22-34)53(39-15-5-4-6-16-39)41-28-23-35(24-29-41)50-44-18-9-10-19-45(44)51(47-32-37-14-8-7-13-36(37)31-46(47)50)38-25-30-43-42-17-11-12-20-48(42)52(2,3)49(43)33-38/h4-33H,1-3H3. The van der Waals surface area contributed by atoms with E-state index in [1.165, 1.54) is 82.4 Å². The van der Waals surface area contributed by atoms with Gasteiger partial charge in [-0.05, 0) is 138 Å². The summed E-state index contributed by atoms with van der Waals surface area (Å²) in [6, 6.07) is 67.3. The van der Waals surface area contributed by atoms with Gasteiger partial charge < -0.3 is 4.90 Å². The number of para-hydroxylation sites is 1. The molecule has 0 saturated heterocycles. The first-order chi connectivity index (χ1) is 26.0. The summed E-state index contributed by atoms with van der Waals surface area (Å²) in [5.41, 5.74) is 15.1. The van der Waals surface area contributed by atoms with Crippen LogP contribution in [0.5, 0.6) is 0 Å². The molecule has 53 heavy (non-hydrogen) atoms. The minimum absolute atomic E-state index is 0.0753. The normalized spacial score (nSPS) is 13.0. The van der Waals surface area contributed by atoms with Crippen molar-refractivity contribution in [3.63, 3.8) is 0 Å². The summed E-state index contributed by atoms with van der Waals surface area (Å²) in [6.45, 7) is 6.88. The molecule has 10 rings (SSSR count). The molecule has 1 aliphatic carbocycles. The van der Waals surface area contributed by atoms with Crippen LogP contribution in [0.15, 0.2) is 182 Å². The van der Waals surface area contributed by atoms with E-state index in [-0.39, 0.29) is 5.41 Å². The van der Waals surface area contributed by atoms with E-state index < -0.39 is 0 Å². The third kappa shape index (κ3) is 4.99. The van der Waals surface area contributed by atoms with Crippen LogP contribution in [-0.2, 0) is 5.41 Å². The van der Waals surface area contributed by atoms with Crippen molar-refractivity contribution in [3.05, 3.63) is 199 Å². The molecule has 9 aromatic carbocycles. The second-order valence-corrected chi connectivity index (χ2v) is 15.0. The molecule has 0 aliphatic heterocycles. The van der Waals surface area contributed by atoms with Gasteiger partial charge in [0, 0.05) is 22.5 Å². The molecule has 1 heteroatoms. The van der Waals surface area contributed by atoms with E-state index in [1.807, 2.05) is 0 Å². The third-order valence-corrected chi connectivity index (χ3v) is 11.5. The minimum atomic E-state index is -0.0753. The minimum Gasteiger partial charge on any atom is -0.311 e. The van der Waals surface area contributed by atoms with Crippen LogP contribution in [0.25, 0.3) is 65.7 Å². The molecule has 0 amide bonds. The maximum Gasteiger partial charge on any atom is 0.0462 e. The van der Waals surface area contributed by atoms with Crippen molar-refractivity contribution in [2.45, 2.75) is 26.2 Å². The molecule has 0 fully saturated rings. The highest BCUT2D eigenvalue weighted by atomic mass is 15.1. The molecule has 1 nitrogen and oxygen atoms in total. The number of rotatable bonds is 5. The maximum atomic E-state index is 2.48. The van der Waals surface area contributed by atoms with Gasteiger partial charge in [-0.3, -0.25) is 0 Å². The molecular formula is C52H39N. The van der Waals surface area contributed by atoms with E-state index in [0.29, 0.717) is 0 Å². The van der Waals surface area contributed by atoms with Gasteiger partial charge in [-0.2, -0.15) is 0 Å². The summed E-state index contributed by atoms with van der Waals surface area (Å²) in [6.07, 6.45) is 0. The van der Waals surface area contributed by atoms with Crippen LogP contribution < -0.4 is 4.90 Å². The topological polar surface area (TPSA) is 3.24 Å². The molecule has 0 heterocycles. The summed E-state index contributed by atoms with van der Waals surface area (Å²) in [5.74, 6) is 0. The first kappa shape index (κ1) is 31.3. The smallest absolute Gasteiger partial charge is 0.0462 e. The lowest BCUT2D eigenvalue weighted by molar-refractivity contribution is 0.660. The molecule has 9 aromatic rings.